The average Bonchev–Trinajstić information content (AvgIpc) is 2.26. The molecule has 2 aliphatic rings. The first-order valence-electron chi connectivity index (χ1n) is 5.80. The Morgan fingerprint density at radius 1 is 1.19 bits per heavy atom. The zero-order valence-electron chi connectivity index (χ0n) is 9.40. The van der Waals surface area contributed by atoms with Crippen molar-refractivity contribution < 1.29 is 14.6 Å². The third-order valence-electron chi connectivity index (χ3n) is 3.45. The number of rotatable bonds is 1. The quantitative estimate of drug-likeness (QED) is 0.787. The molecule has 1 aliphatic heterocycles. The molecule has 0 unspecified atom stereocenters. The maximum Gasteiger partial charge on any atom is 0.161 e. The fraction of sp³-hybridized carbons (Fsp3) is 0.538. The van der Waals surface area contributed by atoms with Gasteiger partial charge in [0.15, 0.2) is 11.5 Å². The molecule has 0 amide bonds. The minimum Gasteiger partial charge on any atom is -0.486 e. The Labute approximate surface area is 95.0 Å². The van der Waals surface area contributed by atoms with Crippen molar-refractivity contribution in [3.63, 3.8) is 0 Å². The van der Waals surface area contributed by atoms with Crippen molar-refractivity contribution >= 4 is 0 Å². The van der Waals surface area contributed by atoms with Crippen molar-refractivity contribution in [3.05, 3.63) is 23.8 Å². The van der Waals surface area contributed by atoms with Crippen molar-refractivity contribution in [1.29, 1.82) is 0 Å². The summed E-state index contributed by atoms with van der Waals surface area (Å²) in [5.74, 6) is 2.15. The van der Waals surface area contributed by atoms with E-state index < -0.39 is 5.60 Å². The maximum absolute atomic E-state index is 10.4. The number of ether oxygens (including phenoxy) is 2. The van der Waals surface area contributed by atoms with E-state index in [-0.39, 0.29) is 0 Å². The van der Waals surface area contributed by atoms with Gasteiger partial charge in [-0.15, -0.1) is 0 Å². The zero-order chi connectivity index (χ0) is 11.2. The van der Waals surface area contributed by atoms with Gasteiger partial charge < -0.3 is 14.6 Å². The fourth-order valence-electron chi connectivity index (χ4n) is 2.66. The van der Waals surface area contributed by atoms with Crippen LogP contribution in [0.25, 0.3) is 0 Å². The topological polar surface area (TPSA) is 38.7 Å². The smallest absolute Gasteiger partial charge is 0.161 e. The molecule has 0 saturated heterocycles. The fourth-order valence-corrected chi connectivity index (χ4v) is 2.66. The largest absolute Gasteiger partial charge is 0.486 e. The number of fused-ring (bicyclic) bond motifs is 1. The Balaban J connectivity index is 1.91. The van der Waals surface area contributed by atoms with Gasteiger partial charge in [-0.1, -0.05) is 13.0 Å². The lowest BCUT2D eigenvalue weighted by molar-refractivity contribution is -0.0740. The van der Waals surface area contributed by atoms with Crippen LogP contribution in [-0.4, -0.2) is 18.3 Å². The van der Waals surface area contributed by atoms with Crippen LogP contribution in [-0.2, 0) is 5.60 Å². The summed E-state index contributed by atoms with van der Waals surface area (Å²) in [6, 6.07) is 5.75. The molecule has 3 nitrogen and oxygen atoms in total. The summed E-state index contributed by atoms with van der Waals surface area (Å²) in [6.07, 6.45) is 1.68. The van der Waals surface area contributed by atoms with E-state index in [1.165, 1.54) is 0 Å². The Morgan fingerprint density at radius 3 is 2.56 bits per heavy atom. The van der Waals surface area contributed by atoms with Gasteiger partial charge in [0.2, 0.25) is 0 Å². The first-order valence-corrected chi connectivity index (χ1v) is 5.80. The van der Waals surface area contributed by atoms with Crippen molar-refractivity contribution in [2.45, 2.75) is 25.4 Å². The van der Waals surface area contributed by atoms with Crippen molar-refractivity contribution in [3.8, 4) is 11.5 Å². The van der Waals surface area contributed by atoms with E-state index in [4.69, 9.17) is 9.47 Å². The van der Waals surface area contributed by atoms with Gasteiger partial charge >= 0.3 is 0 Å². The lowest BCUT2D eigenvalue weighted by Crippen LogP contribution is -2.39. The molecule has 1 aromatic rings. The Bertz CT molecular complexity index is 408. The highest BCUT2D eigenvalue weighted by Gasteiger charge is 2.42. The summed E-state index contributed by atoms with van der Waals surface area (Å²) in [6.45, 7) is 3.35. The van der Waals surface area contributed by atoms with Gasteiger partial charge in [0.1, 0.15) is 13.2 Å². The van der Waals surface area contributed by atoms with Crippen LogP contribution in [0.5, 0.6) is 11.5 Å². The molecule has 1 saturated carbocycles. The molecule has 0 atom stereocenters. The van der Waals surface area contributed by atoms with Gasteiger partial charge in [0, 0.05) is 0 Å². The predicted octanol–water partition coefficient (Wildman–Crippen LogP) is 2.08. The molecule has 3 rings (SSSR count). The lowest BCUT2D eigenvalue weighted by Gasteiger charge is -2.42. The van der Waals surface area contributed by atoms with Gasteiger partial charge in [-0.2, -0.15) is 0 Å². The SMILES string of the molecule is CC1CC(O)(c2ccc3c(c2)OCCO3)C1. The van der Waals surface area contributed by atoms with Gasteiger partial charge in [-0.05, 0) is 36.5 Å². The number of aliphatic hydroxyl groups is 1. The molecule has 16 heavy (non-hydrogen) atoms. The summed E-state index contributed by atoms with van der Waals surface area (Å²) in [5, 5.41) is 10.4. The van der Waals surface area contributed by atoms with E-state index in [1.54, 1.807) is 0 Å². The molecule has 0 radical (unpaired) electrons. The van der Waals surface area contributed by atoms with Crippen LogP contribution in [0, 0.1) is 5.92 Å². The van der Waals surface area contributed by atoms with Crippen LogP contribution >= 0.6 is 0 Å². The minimum atomic E-state index is -0.644. The Kier molecular flexibility index (Phi) is 2.11. The maximum atomic E-state index is 10.4. The van der Waals surface area contributed by atoms with Gasteiger partial charge in [0.05, 0.1) is 5.60 Å². The molecule has 1 aromatic carbocycles. The van der Waals surface area contributed by atoms with Crippen molar-refractivity contribution in [2.75, 3.05) is 13.2 Å². The highest BCUT2D eigenvalue weighted by Crippen LogP contribution is 2.47. The second kappa shape index (κ2) is 3.39. The number of hydrogen-bond acceptors (Lipinski definition) is 3. The summed E-state index contributed by atoms with van der Waals surface area (Å²) in [5.41, 5.74) is 0.310. The van der Waals surface area contributed by atoms with E-state index in [1.807, 2.05) is 18.2 Å². The Hall–Kier alpha value is -1.22. The molecule has 1 aliphatic carbocycles. The second-order valence-electron chi connectivity index (χ2n) is 4.90. The standard InChI is InChI=1S/C13H16O3/c1-9-7-13(14,8-9)10-2-3-11-12(6-10)16-5-4-15-11/h2-3,6,9,14H,4-5,7-8H2,1H3. The van der Waals surface area contributed by atoms with Crippen LogP contribution in [0.2, 0.25) is 0 Å². The van der Waals surface area contributed by atoms with E-state index in [0.29, 0.717) is 19.1 Å². The molecule has 0 aromatic heterocycles. The summed E-state index contributed by atoms with van der Waals surface area (Å²) < 4.78 is 11.0. The van der Waals surface area contributed by atoms with Crippen molar-refractivity contribution in [2.24, 2.45) is 5.92 Å². The molecule has 1 N–H and O–H groups in total. The molecule has 0 spiro atoms. The predicted molar refractivity (Wildman–Crippen MR) is 59.7 cm³/mol. The first-order chi connectivity index (χ1) is 7.67. The first kappa shape index (κ1) is 9.97. The highest BCUT2D eigenvalue weighted by atomic mass is 16.6. The van der Waals surface area contributed by atoms with Crippen molar-refractivity contribution in [1.82, 2.24) is 0 Å². The number of benzene rings is 1. The normalized spacial score (nSPS) is 32.0. The summed E-state index contributed by atoms with van der Waals surface area (Å²) in [7, 11) is 0. The lowest BCUT2D eigenvalue weighted by atomic mass is 9.68. The van der Waals surface area contributed by atoms with E-state index >= 15 is 0 Å². The zero-order valence-corrected chi connectivity index (χ0v) is 9.40. The average molecular weight is 220 g/mol. The van der Waals surface area contributed by atoms with Gasteiger partial charge in [0.25, 0.3) is 0 Å². The highest BCUT2D eigenvalue weighted by molar-refractivity contribution is 5.45. The molecule has 1 fully saturated rings. The third-order valence-corrected chi connectivity index (χ3v) is 3.45. The van der Waals surface area contributed by atoms with Crippen LogP contribution in [0.3, 0.4) is 0 Å². The number of hydrogen-bond donors (Lipinski definition) is 1. The molecule has 1 heterocycles. The molecule has 0 bridgehead atoms. The van der Waals surface area contributed by atoms with E-state index in [9.17, 15) is 5.11 Å². The van der Waals surface area contributed by atoms with Crippen LogP contribution < -0.4 is 9.47 Å². The van der Waals surface area contributed by atoms with Gasteiger partial charge in [-0.3, -0.25) is 0 Å². The Morgan fingerprint density at radius 2 is 1.88 bits per heavy atom. The monoisotopic (exact) mass is 220 g/mol. The molecular formula is C13H16O3. The molecule has 86 valence electrons. The second-order valence-corrected chi connectivity index (χ2v) is 4.90. The van der Waals surface area contributed by atoms with Crippen LogP contribution in [0.15, 0.2) is 18.2 Å². The molecule has 3 heteroatoms. The summed E-state index contributed by atoms with van der Waals surface area (Å²) >= 11 is 0. The van der Waals surface area contributed by atoms with Crippen LogP contribution in [0.1, 0.15) is 25.3 Å². The van der Waals surface area contributed by atoms with E-state index in [0.717, 1.165) is 29.9 Å². The van der Waals surface area contributed by atoms with Gasteiger partial charge in [-0.25, -0.2) is 0 Å². The van der Waals surface area contributed by atoms with E-state index in [2.05, 4.69) is 6.92 Å². The molecular weight excluding hydrogens is 204 g/mol. The minimum absolute atomic E-state index is 0.589. The summed E-state index contributed by atoms with van der Waals surface area (Å²) in [4.78, 5) is 0. The van der Waals surface area contributed by atoms with Crippen LogP contribution in [0.4, 0.5) is 0 Å². The third kappa shape index (κ3) is 1.47.